The van der Waals surface area contributed by atoms with Crippen LogP contribution in [0.2, 0.25) is 0 Å². The molecular weight excluding hydrogens is 183 g/mol. The average Bonchev–Trinajstić information content (AvgIpc) is 2.29. The average molecular weight is 196 g/mol. The van der Waals surface area contributed by atoms with Gasteiger partial charge in [-0.2, -0.15) is 0 Å². The van der Waals surface area contributed by atoms with E-state index in [1.54, 1.807) is 0 Å². The second-order valence-electron chi connectivity index (χ2n) is 3.73. The third kappa shape index (κ3) is 2.28. The molecule has 0 heterocycles. The number of benzene rings is 2. The van der Waals surface area contributed by atoms with Gasteiger partial charge >= 0.3 is 6.92 Å². The Bertz CT molecular complexity index is 439. The van der Waals surface area contributed by atoms with Crippen LogP contribution >= 0.6 is 0 Å². The molecule has 0 unspecified atom stereocenters. The summed E-state index contributed by atoms with van der Waals surface area (Å²) in [5.41, 5.74) is 3.05. The highest BCUT2D eigenvalue weighted by Gasteiger charge is 2.15. The molecule has 15 heavy (non-hydrogen) atoms. The van der Waals surface area contributed by atoms with Crippen molar-refractivity contribution < 1.29 is 5.02 Å². The van der Waals surface area contributed by atoms with Gasteiger partial charge in [-0.1, -0.05) is 60.2 Å². The van der Waals surface area contributed by atoms with E-state index >= 15 is 0 Å². The van der Waals surface area contributed by atoms with Crippen molar-refractivity contribution in [2.45, 2.75) is 6.92 Å². The molecule has 0 amide bonds. The minimum absolute atomic E-state index is 0.522. The first-order chi connectivity index (χ1) is 7.27. The summed E-state index contributed by atoms with van der Waals surface area (Å²) in [4.78, 5) is 0. The Labute approximate surface area is 90.5 Å². The zero-order valence-electron chi connectivity index (χ0n) is 8.72. The van der Waals surface area contributed by atoms with Crippen molar-refractivity contribution in [2.24, 2.45) is 0 Å². The molecule has 0 fully saturated rings. The maximum absolute atomic E-state index is 10.1. The number of hydrogen-bond acceptors (Lipinski definition) is 1. The van der Waals surface area contributed by atoms with Gasteiger partial charge in [-0.3, -0.25) is 0 Å². The smallest absolute Gasteiger partial charge is 0.358 e. The van der Waals surface area contributed by atoms with Crippen molar-refractivity contribution in [3.8, 4) is 0 Å². The summed E-state index contributed by atoms with van der Waals surface area (Å²) in [7, 11) is 0. The van der Waals surface area contributed by atoms with Crippen LogP contribution in [0.5, 0.6) is 0 Å². The molecule has 0 aliphatic heterocycles. The Morgan fingerprint density at radius 2 is 1.53 bits per heavy atom. The normalized spacial score (nSPS) is 10.0. The Kier molecular flexibility index (Phi) is 2.88. The van der Waals surface area contributed by atoms with Gasteiger partial charge in [0.1, 0.15) is 0 Å². The van der Waals surface area contributed by atoms with Crippen LogP contribution in [-0.2, 0) is 0 Å². The molecule has 0 aromatic heterocycles. The van der Waals surface area contributed by atoms with E-state index in [9.17, 15) is 5.02 Å². The van der Waals surface area contributed by atoms with E-state index in [2.05, 4.69) is 0 Å². The summed E-state index contributed by atoms with van der Waals surface area (Å²) < 4.78 is 0. The summed E-state index contributed by atoms with van der Waals surface area (Å²) >= 11 is 0. The van der Waals surface area contributed by atoms with Gasteiger partial charge in [0.15, 0.2) is 0 Å². The summed E-state index contributed by atoms with van der Waals surface area (Å²) in [5.74, 6) is 0. The fourth-order valence-electron chi connectivity index (χ4n) is 1.67. The van der Waals surface area contributed by atoms with Crippen LogP contribution in [-0.4, -0.2) is 11.9 Å². The molecule has 74 valence electrons. The van der Waals surface area contributed by atoms with Crippen LogP contribution in [0.15, 0.2) is 54.6 Å². The van der Waals surface area contributed by atoms with Crippen molar-refractivity contribution in [3.63, 3.8) is 0 Å². The summed E-state index contributed by atoms with van der Waals surface area (Å²) in [5, 5.41) is 10.1. The number of aryl methyl sites for hydroxylation is 1. The highest BCUT2D eigenvalue weighted by molar-refractivity contribution is 6.78. The minimum Gasteiger partial charge on any atom is -0.443 e. The van der Waals surface area contributed by atoms with Gasteiger partial charge in [0.2, 0.25) is 0 Å². The molecule has 0 bridgehead atoms. The molecule has 0 spiro atoms. The first-order valence-electron chi connectivity index (χ1n) is 5.07. The predicted molar refractivity (Wildman–Crippen MR) is 64.9 cm³/mol. The fraction of sp³-hybridized carbons (Fsp3) is 0.0769. The van der Waals surface area contributed by atoms with Gasteiger partial charge in [0.25, 0.3) is 0 Å². The Hall–Kier alpha value is -1.54. The van der Waals surface area contributed by atoms with Crippen molar-refractivity contribution in [2.75, 3.05) is 0 Å². The van der Waals surface area contributed by atoms with Crippen LogP contribution in [0.1, 0.15) is 5.56 Å². The molecule has 0 atom stereocenters. The highest BCUT2D eigenvalue weighted by atomic mass is 16.2. The van der Waals surface area contributed by atoms with Gasteiger partial charge < -0.3 is 5.02 Å². The summed E-state index contributed by atoms with van der Waals surface area (Å²) in [6, 6.07) is 17.7. The lowest BCUT2D eigenvalue weighted by Gasteiger charge is -2.07. The zero-order chi connectivity index (χ0) is 10.7. The molecule has 2 aromatic carbocycles. The van der Waals surface area contributed by atoms with Gasteiger partial charge in [0.05, 0.1) is 0 Å². The topological polar surface area (TPSA) is 20.2 Å². The van der Waals surface area contributed by atoms with Crippen molar-refractivity contribution >= 4 is 17.8 Å². The van der Waals surface area contributed by atoms with Gasteiger partial charge in [-0.05, 0) is 17.8 Å². The lowest BCUT2D eigenvalue weighted by molar-refractivity contribution is 0.600. The molecule has 2 rings (SSSR count). The summed E-state index contributed by atoms with van der Waals surface area (Å²) in [6.07, 6.45) is 0. The minimum atomic E-state index is -0.522. The maximum Gasteiger partial charge on any atom is 0.358 e. The van der Waals surface area contributed by atoms with Crippen LogP contribution in [0.3, 0.4) is 0 Å². The van der Waals surface area contributed by atoms with Gasteiger partial charge in [0, 0.05) is 0 Å². The molecule has 0 saturated heterocycles. The first-order valence-corrected chi connectivity index (χ1v) is 5.07. The van der Waals surface area contributed by atoms with Crippen molar-refractivity contribution in [1.29, 1.82) is 0 Å². The third-order valence-corrected chi connectivity index (χ3v) is 2.47. The third-order valence-electron chi connectivity index (χ3n) is 2.47. The van der Waals surface area contributed by atoms with Crippen LogP contribution in [0.4, 0.5) is 0 Å². The SMILES string of the molecule is Cc1cccc(B(O)c2ccccc2)c1. The van der Waals surface area contributed by atoms with E-state index in [0.717, 1.165) is 10.9 Å². The molecule has 0 aliphatic rings. The summed E-state index contributed by atoms with van der Waals surface area (Å²) in [6.45, 7) is 1.51. The molecule has 1 nitrogen and oxygen atoms in total. The largest absolute Gasteiger partial charge is 0.443 e. The zero-order valence-corrected chi connectivity index (χ0v) is 8.72. The van der Waals surface area contributed by atoms with Gasteiger partial charge in [-0.15, -0.1) is 0 Å². The number of hydrogen-bond donors (Lipinski definition) is 1. The van der Waals surface area contributed by atoms with E-state index in [1.807, 2.05) is 61.5 Å². The lowest BCUT2D eigenvalue weighted by Crippen LogP contribution is -2.42. The van der Waals surface area contributed by atoms with E-state index in [-0.39, 0.29) is 0 Å². The van der Waals surface area contributed by atoms with Crippen molar-refractivity contribution in [1.82, 2.24) is 0 Å². The second kappa shape index (κ2) is 4.32. The Balaban J connectivity index is 2.32. The standard InChI is InChI=1S/C13H13BO/c1-11-6-5-9-13(10-11)14(15)12-7-3-2-4-8-12/h2-10,15H,1H3. The van der Waals surface area contributed by atoms with E-state index < -0.39 is 6.92 Å². The highest BCUT2D eigenvalue weighted by Crippen LogP contribution is 1.95. The Morgan fingerprint density at radius 1 is 0.867 bits per heavy atom. The van der Waals surface area contributed by atoms with Crippen LogP contribution in [0.25, 0.3) is 0 Å². The Morgan fingerprint density at radius 3 is 2.20 bits per heavy atom. The fourth-order valence-corrected chi connectivity index (χ4v) is 1.67. The molecule has 1 N–H and O–H groups in total. The van der Waals surface area contributed by atoms with E-state index in [1.165, 1.54) is 5.56 Å². The monoisotopic (exact) mass is 196 g/mol. The molecule has 0 saturated carbocycles. The molecule has 2 aromatic rings. The van der Waals surface area contributed by atoms with E-state index in [4.69, 9.17) is 0 Å². The molecule has 0 aliphatic carbocycles. The second-order valence-corrected chi connectivity index (χ2v) is 3.73. The first kappa shape index (κ1) is 10.00. The quantitative estimate of drug-likeness (QED) is 0.713. The molecular formula is C13H13BO. The van der Waals surface area contributed by atoms with E-state index in [0.29, 0.717) is 0 Å². The maximum atomic E-state index is 10.1. The van der Waals surface area contributed by atoms with Crippen LogP contribution in [0, 0.1) is 6.92 Å². The predicted octanol–water partition coefficient (Wildman–Crippen LogP) is 1.09. The van der Waals surface area contributed by atoms with Gasteiger partial charge in [-0.25, -0.2) is 0 Å². The van der Waals surface area contributed by atoms with Crippen LogP contribution < -0.4 is 10.9 Å². The number of rotatable bonds is 2. The lowest BCUT2D eigenvalue weighted by atomic mass is 9.56. The molecule has 0 radical (unpaired) electrons. The molecule has 2 heteroatoms. The van der Waals surface area contributed by atoms with Crippen molar-refractivity contribution in [3.05, 3.63) is 60.2 Å².